The van der Waals surface area contributed by atoms with Crippen molar-refractivity contribution in [3.8, 4) is 5.75 Å². The summed E-state index contributed by atoms with van der Waals surface area (Å²) in [7, 11) is 0. The number of ether oxygens (including phenoxy) is 1. The van der Waals surface area contributed by atoms with Crippen LogP contribution in [-0.4, -0.2) is 23.9 Å². The molecule has 2 aromatic carbocycles. The van der Waals surface area contributed by atoms with E-state index < -0.39 is 17.3 Å². The lowest BCUT2D eigenvalue weighted by atomic mass is 9.90. The molecule has 0 bridgehead atoms. The third kappa shape index (κ3) is 7.05. The number of halogens is 5. The van der Waals surface area contributed by atoms with Gasteiger partial charge in [0.15, 0.2) is 0 Å². The quantitative estimate of drug-likeness (QED) is 0.421. The standard InChI is InChI=1S/C22H26Cl2F3NO2/c1-2-21(28,14-29)10-9-16-6-8-20(17(12-16)22(25,26)27)30-11-3-4-15-5-7-18(23)19(24)13-15/h5-8,12-13,29H,2-4,9-11,14,28H2,1H3/t21-/m1/s1. The van der Waals surface area contributed by atoms with Gasteiger partial charge >= 0.3 is 6.18 Å². The van der Waals surface area contributed by atoms with Crippen molar-refractivity contribution in [2.75, 3.05) is 13.2 Å². The molecule has 30 heavy (non-hydrogen) atoms. The van der Waals surface area contributed by atoms with Crippen LogP contribution in [0.1, 0.15) is 42.9 Å². The fourth-order valence-electron chi connectivity index (χ4n) is 2.99. The average molecular weight is 464 g/mol. The van der Waals surface area contributed by atoms with Gasteiger partial charge in [0.25, 0.3) is 0 Å². The lowest BCUT2D eigenvalue weighted by molar-refractivity contribution is -0.139. The van der Waals surface area contributed by atoms with Crippen molar-refractivity contribution in [2.24, 2.45) is 5.73 Å². The Balaban J connectivity index is 2.01. The highest BCUT2D eigenvalue weighted by atomic mass is 35.5. The zero-order chi connectivity index (χ0) is 22.4. The topological polar surface area (TPSA) is 55.5 Å². The largest absolute Gasteiger partial charge is 0.493 e. The van der Waals surface area contributed by atoms with E-state index >= 15 is 0 Å². The highest BCUT2D eigenvalue weighted by molar-refractivity contribution is 6.42. The lowest BCUT2D eigenvalue weighted by Gasteiger charge is -2.25. The van der Waals surface area contributed by atoms with Crippen LogP contribution in [0.15, 0.2) is 36.4 Å². The van der Waals surface area contributed by atoms with Gasteiger partial charge in [-0.15, -0.1) is 0 Å². The zero-order valence-corrected chi connectivity index (χ0v) is 18.2. The SMILES string of the molecule is CC[C@](N)(CO)CCc1ccc(OCCCc2ccc(Cl)c(Cl)c2)c(C(F)(F)F)c1. The molecule has 0 amide bonds. The Morgan fingerprint density at radius 1 is 1.00 bits per heavy atom. The Bertz CT molecular complexity index is 840. The zero-order valence-electron chi connectivity index (χ0n) is 16.7. The maximum Gasteiger partial charge on any atom is 0.419 e. The molecule has 0 saturated carbocycles. The van der Waals surface area contributed by atoms with Crippen LogP contribution >= 0.6 is 23.2 Å². The third-order valence-corrected chi connectivity index (χ3v) is 5.87. The predicted octanol–water partition coefficient (Wildman–Crippen LogP) is 6.06. The second-order valence-electron chi connectivity index (χ2n) is 7.40. The highest BCUT2D eigenvalue weighted by Crippen LogP contribution is 2.37. The van der Waals surface area contributed by atoms with Gasteiger partial charge in [-0.2, -0.15) is 13.2 Å². The van der Waals surface area contributed by atoms with E-state index in [4.69, 9.17) is 33.7 Å². The first-order valence-corrected chi connectivity index (χ1v) is 10.5. The number of aliphatic hydroxyl groups is 1. The molecule has 0 aliphatic carbocycles. The van der Waals surface area contributed by atoms with Gasteiger partial charge in [0.1, 0.15) is 5.75 Å². The lowest BCUT2D eigenvalue weighted by Crippen LogP contribution is -2.43. The summed E-state index contributed by atoms with van der Waals surface area (Å²) in [6.45, 7) is 1.76. The second kappa shape index (κ2) is 10.7. The minimum Gasteiger partial charge on any atom is -0.493 e. The van der Waals surface area contributed by atoms with E-state index in [0.717, 1.165) is 11.6 Å². The van der Waals surface area contributed by atoms with Crippen LogP contribution in [0.5, 0.6) is 5.75 Å². The number of alkyl halides is 3. The molecule has 0 spiro atoms. The van der Waals surface area contributed by atoms with E-state index in [-0.39, 0.29) is 19.0 Å². The molecule has 0 aliphatic rings. The number of rotatable bonds is 10. The van der Waals surface area contributed by atoms with Crippen molar-refractivity contribution in [1.82, 2.24) is 0 Å². The fourth-order valence-corrected chi connectivity index (χ4v) is 3.32. The first-order valence-electron chi connectivity index (χ1n) is 9.74. The number of hydrogen-bond donors (Lipinski definition) is 2. The van der Waals surface area contributed by atoms with Crippen molar-refractivity contribution in [2.45, 2.75) is 50.7 Å². The summed E-state index contributed by atoms with van der Waals surface area (Å²) < 4.78 is 46.0. The molecule has 166 valence electrons. The van der Waals surface area contributed by atoms with Gasteiger partial charge in [0, 0.05) is 5.54 Å². The van der Waals surface area contributed by atoms with Gasteiger partial charge in [-0.25, -0.2) is 0 Å². The summed E-state index contributed by atoms with van der Waals surface area (Å²) >= 11 is 11.8. The van der Waals surface area contributed by atoms with Crippen molar-refractivity contribution in [3.05, 3.63) is 63.1 Å². The Morgan fingerprint density at radius 3 is 2.27 bits per heavy atom. The fraction of sp³-hybridized carbons (Fsp3) is 0.455. The molecule has 0 aliphatic heterocycles. The number of benzene rings is 2. The van der Waals surface area contributed by atoms with E-state index in [1.807, 2.05) is 13.0 Å². The molecular formula is C22H26Cl2F3NO2. The average Bonchev–Trinajstić information content (AvgIpc) is 2.71. The van der Waals surface area contributed by atoms with Crippen LogP contribution in [0, 0.1) is 0 Å². The smallest absolute Gasteiger partial charge is 0.419 e. The van der Waals surface area contributed by atoms with Crippen molar-refractivity contribution in [1.29, 1.82) is 0 Å². The number of nitrogens with two attached hydrogens (primary N) is 1. The Hall–Kier alpha value is -1.47. The molecule has 0 heterocycles. The molecule has 3 nitrogen and oxygen atoms in total. The molecule has 1 atom stereocenters. The molecule has 8 heteroatoms. The normalized spacial score (nSPS) is 13.9. The van der Waals surface area contributed by atoms with Crippen molar-refractivity contribution < 1.29 is 23.0 Å². The van der Waals surface area contributed by atoms with Crippen LogP contribution in [0.4, 0.5) is 13.2 Å². The van der Waals surface area contributed by atoms with Gasteiger partial charge in [0.2, 0.25) is 0 Å². The van der Waals surface area contributed by atoms with Crippen molar-refractivity contribution >= 4 is 23.2 Å². The Morgan fingerprint density at radius 2 is 1.67 bits per heavy atom. The third-order valence-electron chi connectivity index (χ3n) is 5.13. The van der Waals surface area contributed by atoms with Gasteiger partial charge in [-0.05, 0) is 67.5 Å². The van der Waals surface area contributed by atoms with Gasteiger partial charge in [-0.3, -0.25) is 0 Å². The van der Waals surface area contributed by atoms with Crippen LogP contribution in [0.25, 0.3) is 0 Å². The molecule has 0 fully saturated rings. The predicted molar refractivity (Wildman–Crippen MR) is 114 cm³/mol. The molecule has 0 unspecified atom stereocenters. The molecule has 0 radical (unpaired) electrons. The number of hydrogen-bond acceptors (Lipinski definition) is 3. The van der Waals surface area contributed by atoms with Crippen LogP contribution in [-0.2, 0) is 19.0 Å². The summed E-state index contributed by atoms with van der Waals surface area (Å²) in [5.74, 6) is -0.197. The van der Waals surface area contributed by atoms with Crippen LogP contribution < -0.4 is 10.5 Å². The Kier molecular flexibility index (Phi) is 8.85. The minimum absolute atomic E-state index is 0.134. The summed E-state index contributed by atoms with van der Waals surface area (Å²) in [6.07, 6.45) is -2.13. The molecule has 3 N–H and O–H groups in total. The molecule has 2 rings (SSSR count). The van der Waals surface area contributed by atoms with Gasteiger partial charge in [-0.1, -0.05) is 42.3 Å². The Labute approximate surface area is 184 Å². The first-order chi connectivity index (χ1) is 14.1. The van der Waals surface area contributed by atoms with Gasteiger partial charge in [0.05, 0.1) is 28.8 Å². The molecule has 2 aromatic rings. The molecule has 0 saturated heterocycles. The maximum atomic E-state index is 13.5. The van der Waals surface area contributed by atoms with E-state index in [0.29, 0.717) is 47.7 Å². The van der Waals surface area contributed by atoms with Crippen molar-refractivity contribution in [3.63, 3.8) is 0 Å². The number of aliphatic hydroxyl groups excluding tert-OH is 1. The van der Waals surface area contributed by atoms with Crippen LogP contribution in [0.2, 0.25) is 10.0 Å². The summed E-state index contributed by atoms with van der Waals surface area (Å²) in [4.78, 5) is 0. The van der Waals surface area contributed by atoms with E-state index in [9.17, 15) is 18.3 Å². The summed E-state index contributed by atoms with van der Waals surface area (Å²) in [5.41, 5.74) is 5.87. The van der Waals surface area contributed by atoms with E-state index in [2.05, 4.69) is 0 Å². The molecular weight excluding hydrogens is 438 g/mol. The minimum atomic E-state index is -4.53. The summed E-state index contributed by atoms with van der Waals surface area (Å²) in [6, 6.07) is 9.30. The summed E-state index contributed by atoms with van der Waals surface area (Å²) in [5, 5.41) is 10.3. The van der Waals surface area contributed by atoms with E-state index in [1.165, 1.54) is 6.07 Å². The first kappa shape index (κ1) is 24.8. The highest BCUT2D eigenvalue weighted by Gasteiger charge is 2.35. The second-order valence-corrected chi connectivity index (χ2v) is 8.22. The van der Waals surface area contributed by atoms with Gasteiger partial charge < -0.3 is 15.6 Å². The van der Waals surface area contributed by atoms with Crippen LogP contribution in [0.3, 0.4) is 0 Å². The molecule has 0 aromatic heterocycles. The van der Waals surface area contributed by atoms with E-state index in [1.54, 1.807) is 18.2 Å². The number of aryl methyl sites for hydroxylation is 2. The maximum absolute atomic E-state index is 13.5. The monoisotopic (exact) mass is 463 g/mol.